The molecule has 4 aromatic rings. The Morgan fingerprint density at radius 3 is 2.72 bits per heavy atom. The minimum absolute atomic E-state index is 0.133. The fourth-order valence-electron chi connectivity index (χ4n) is 2.86. The first-order valence-electron chi connectivity index (χ1n) is 8.97. The molecule has 3 heterocycles. The Balaban J connectivity index is 1.63. The van der Waals surface area contributed by atoms with Crippen LogP contribution < -0.4 is 9.64 Å². The molecule has 3 aromatic heterocycles. The molecule has 9 heteroatoms. The van der Waals surface area contributed by atoms with E-state index in [-0.39, 0.29) is 12.4 Å². The standard InChI is InChI=1S/C20H20FN5O3/c1-26(2)12-4-5-15(22-11-12)17-10-19(29-25-17)20-13-8-14(21)18(28-7-6-27-3)9-16(13)23-24-20/h4-5,8-11H,6-7H2,1-3H3,(H,23,24). The molecule has 0 bridgehead atoms. The van der Waals surface area contributed by atoms with Crippen molar-refractivity contribution in [2.24, 2.45) is 0 Å². The predicted octanol–water partition coefficient (Wildman–Crippen LogP) is 3.51. The summed E-state index contributed by atoms with van der Waals surface area (Å²) < 4.78 is 30.2. The summed E-state index contributed by atoms with van der Waals surface area (Å²) in [5.41, 5.74) is 3.31. The van der Waals surface area contributed by atoms with Crippen LogP contribution in [0.3, 0.4) is 0 Å². The van der Waals surface area contributed by atoms with Crippen LogP contribution in [-0.4, -0.2) is 54.8 Å². The number of ether oxygens (including phenoxy) is 2. The molecule has 0 aliphatic carbocycles. The highest BCUT2D eigenvalue weighted by atomic mass is 19.1. The molecule has 1 aromatic carbocycles. The molecular formula is C20H20FN5O3. The third kappa shape index (κ3) is 3.77. The SMILES string of the molecule is COCCOc1cc2[nH]nc(-c3cc(-c4ccc(N(C)C)cn4)no3)c2cc1F. The molecule has 150 valence electrons. The Morgan fingerprint density at radius 1 is 1.14 bits per heavy atom. The minimum atomic E-state index is -0.489. The lowest BCUT2D eigenvalue weighted by Gasteiger charge is -2.11. The molecule has 0 saturated heterocycles. The number of pyridine rings is 1. The number of fused-ring (bicyclic) bond motifs is 1. The van der Waals surface area contributed by atoms with E-state index < -0.39 is 5.82 Å². The van der Waals surface area contributed by atoms with Crippen LogP contribution in [0.5, 0.6) is 5.75 Å². The highest BCUT2D eigenvalue weighted by Crippen LogP contribution is 2.32. The van der Waals surface area contributed by atoms with Gasteiger partial charge in [-0.05, 0) is 18.2 Å². The molecule has 0 aliphatic heterocycles. The summed E-state index contributed by atoms with van der Waals surface area (Å²) in [7, 11) is 5.45. The minimum Gasteiger partial charge on any atom is -0.488 e. The van der Waals surface area contributed by atoms with Crippen LogP contribution in [0.25, 0.3) is 33.7 Å². The van der Waals surface area contributed by atoms with Gasteiger partial charge in [0, 0.05) is 38.7 Å². The molecule has 0 saturated carbocycles. The smallest absolute Gasteiger partial charge is 0.188 e. The summed E-state index contributed by atoms with van der Waals surface area (Å²) in [6.07, 6.45) is 1.76. The topological polar surface area (TPSA) is 89.3 Å². The Hall–Kier alpha value is -3.46. The van der Waals surface area contributed by atoms with Crippen LogP contribution in [0.15, 0.2) is 41.1 Å². The molecule has 0 spiro atoms. The number of halogens is 1. The van der Waals surface area contributed by atoms with Gasteiger partial charge in [-0.25, -0.2) is 4.39 Å². The fourth-order valence-corrected chi connectivity index (χ4v) is 2.86. The van der Waals surface area contributed by atoms with Gasteiger partial charge in [-0.15, -0.1) is 0 Å². The molecular weight excluding hydrogens is 377 g/mol. The number of anilines is 1. The third-order valence-corrected chi connectivity index (χ3v) is 4.43. The van der Waals surface area contributed by atoms with E-state index in [0.29, 0.717) is 40.4 Å². The van der Waals surface area contributed by atoms with Gasteiger partial charge in [0.05, 0.1) is 29.7 Å². The Labute approximate surface area is 166 Å². The van der Waals surface area contributed by atoms with Gasteiger partial charge in [-0.3, -0.25) is 10.1 Å². The average Bonchev–Trinajstić information content (AvgIpc) is 3.35. The Kier molecular flexibility index (Phi) is 5.13. The number of H-pyrrole nitrogens is 1. The van der Waals surface area contributed by atoms with Crippen molar-refractivity contribution in [2.75, 3.05) is 39.3 Å². The van der Waals surface area contributed by atoms with Crippen LogP contribution in [0.2, 0.25) is 0 Å². The van der Waals surface area contributed by atoms with E-state index in [4.69, 9.17) is 14.0 Å². The molecule has 0 atom stereocenters. The summed E-state index contributed by atoms with van der Waals surface area (Å²) in [5.74, 6) is 0.0577. The van der Waals surface area contributed by atoms with Crippen LogP contribution in [0, 0.1) is 5.82 Å². The molecule has 8 nitrogen and oxygen atoms in total. The van der Waals surface area contributed by atoms with Gasteiger partial charge in [0.25, 0.3) is 0 Å². The van der Waals surface area contributed by atoms with Crippen LogP contribution in [0.4, 0.5) is 10.1 Å². The lowest BCUT2D eigenvalue weighted by atomic mass is 10.1. The number of hydrogen-bond acceptors (Lipinski definition) is 7. The largest absolute Gasteiger partial charge is 0.488 e. The van der Waals surface area contributed by atoms with Gasteiger partial charge in [0.1, 0.15) is 18.0 Å². The highest BCUT2D eigenvalue weighted by Gasteiger charge is 2.18. The second-order valence-electron chi connectivity index (χ2n) is 6.61. The van der Waals surface area contributed by atoms with E-state index in [1.165, 1.54) is 6.07 Å². The Morgan fingerprint density at radius 2 is 2.00 bits per heavy atom. The summed E-state index contributed by atoms with van der Waals surface area (Å²) in [6, 6.07) is 8.47. The predicted molar refractivity (Wildman–Crippen MR) is 106 cm³/mol. The molecule has 0 radical (unpaired) electrons. The second kappa shape index (κ2) is 7.88. The summed E-state index contributed by atoms with van der Waals surface area (Å²) >= 11 is 0. The Bertz CT molecular complexity index is 1120. The maximum atomic E-state index is 14.4. The van der Waals surface area contributed by atoms with Gasteiger partial charge in [0.2, 0.25) is 0 Å². The van der Waals surface area contributed by atoms with Crippen LogP contribution in [0.1, 0.15) is 0 Å². The molecule has 29 heavy (non-hydrogen) atoms. The van der Waals surface area contributed by atoms with E-state index >= 15 is 0 Å². The van der Waals surface area contributed by atoms with E-state index in [1.54, 1.807) is 25.4 Å². The highest BCUT2D eigenvalue weighted by molar-refractivity contribution is 5.92. The number of aromatic amines is 1. The van der Waals surface area contributed by atoms with E-state index in [2.05, 4.69) is 20.3 Å². The van der Waals surface area contributed by atoms with Crippen LogP contribution >= 0.6 is 0 Å². The van der Waals surface area contributed by atoms with Gasteiger partial charge < -0.3 is 18.9 Å². The number of nitrogens with one attached hydrogen (secondary N) is 1. The monoisotopic (exact) mass is 397 g/mol. The zero-order valence-electron chi connectivity index (χ0n) is 16.3. The maximum absolute atomic E-state index is 14.4. The first-order valence-corrected chi connectivity index (χ1v) is 8.97. The molecule has 0 unspecified atom stereocenters. The number of rotatable bonds is 7. The van der Waals surface area contributed by atoms with Gasteiger partial charge in [-0.1, -0.05) is 5.16 Å². The first kappa shape index (κ1) is 18.9. The number of aromatic nitrogens is 4. The average molecular weight is 397 g/mol. The van der Waals surface area contributed by atoms with Crippen molar-refractivity contribution in [3.05, 3.63) is 42.3 Å². The number of methoxy groups -OCH3 is 1. The van der Waals surface area contributed by atoms with E-state index in [9.17, 15) is 4.39 Å². The normalized spacial score (nSPS) is 11.2. The van der Waals surface area contributed by atoms with Crippen molar-refractivity contribution < 1.29 is 18.4 Å². The second-order valence-corrected chi connectivity index (χ2v) is 6.61. The van der Waals surface area contributed by atoms with Crippen molar-refractivity contribution in [1.82, 2.24) is 20.3 Å². The van der Waals surface area contributed by atoms with Gasteiger partial charge in [-0.2, -0.15) is 5.10 Å². The third-order valence-electron chi connectivity index (χ3n) is 4.43. The molecule has 4 rings (SSSR count). The number of hydrogen-bond donors (Lipinski definition) is 1. The van der Waals surface area contributed by atoms with Crippen molar-refractivity contribution in [2.45, 2.75) is 0 Å². The van der Waals surface area contributed by atoms with Crippen molar-refractivity contribution in [1.29, 1.82) is 0 Å². The van der Waals surface area contributed by atoms with Gasteiger partial charge >= 0.3 is 0 Å². The maximum Gasteiger partial charge on any atom is 0.188 e. The van der Waals surface area contributed by atoms with E-state index in [1.807, 2.05) is 31.1 Å². The summed E-state index contributed by atoms with van der Waals surface area (Å²) in [5, 5.41) is 11.8. The number of nitrogens with zero attached hydrogens (tertiary/aromatic N) is 4. The summed E-state index contributed by atoms with van der Waals surface area (Å²) in [6.45, 7) is 0.626. The molecule has 0 aliphatic rings. The first-order chi connectivity index (χ1) is 14.1. The lowest BCUT2D eigenvalue weighted by Crippen LogP contribution is -2.08. The molecule has 0 amide bonds. The molecule has 0 fully saturated rings. The zero-order valence-corrected chi connectivity index (χ0v) is 16.3. The zero-order chi connectivity index (χ0) is 20.4. The van der Waals surface area contributed by atoms with Crippen molar-refractivity contribution >= 4 is 16.6 Å². The lowest BCUT2D eigenvalue weighted by molar-refractivity contribution is 0.144. The van der Waals surface area contributed by atoms with Crippen LogP contribution in [-0.2, 0) is 4.74 Å². The van der Waals surface area contributed by atoms with E-state index in [0.717, 1.165) is 5.69 Å². The quantitative estimate of drug-likeness (QED) is 0.477. The number of benzene rings is 1. The fraction of sp³-hybridized carbons (Fsp3) is 0.250. The summed E-state index contributed by atoms with van der Waals surface area (Å²) in [4.78, 5) is 6.37. The van der Waals surface area contributed by atoms with Gasteiger partial charge in [0.15, 0.2) is 17.3 Å². The van der Waals surface area contributed by atoms with Crippen molar-refractivity contribution in [3.8, 4) is 28.6 Å². The molecule has 1 N–H and O–H groups in total. The van der Waals surface area contributed by atoms with Crippen molar-refractivity contribution in [3.63, 3.8) is 0 Å².